The molecule has 0 aliphatic heterocycles. The minimum absolute atomic E-state index is 0.175. The number of hydrogen-bond donors (Lipinski definition) is 1. The van der Waals surface area contributed by atoms with Gasteiger partial charge in [0.05, 0.1) is 17.0 Å². The van der Waals surface area contributed by atoms with Crippen molar-refractivity contribution in [2.24, 2.45) is 0 Å². The highest BCUT2D eigenvalue weighted by Crippen LogP contribution is 2.28. The lowest BCUT2D eigenvalue weighted by atomic mass is 10.1. The van der Waals surface area contributed by atoms with Crippen LogP contribution in [0.2, 0.25) is 10.0 Å². The van der Waals surface area contributed by atoms with Crippen LogP contribution in [0.15, 0.2) is 54.7 Å². The number of nitrogens with one attached hydrogen (secondary N) is 1. The molecule has 1 amide bonds. The van der Waals surface area contributed by atoms with Crippen LogP contribution in [-0.2, 0) is 12.8 Å². The van der Waals surface area contributed by atoms with Crippen molar-refractivity contribution in [3.63, 3.8) is 0 Å². The second-order valence-corrected chi connectivity index (χ2v) is 8.12. The summed E-state index contributed by atoms with van der Waals surface area (Å²) in [5, 5.41) is 8.85. The number of benzene rings is 2. The van der Waals surface area contributed by atoms with Crippen LogP contribution in [0.1, 0.15) is 34.2 Å². The summed E-state index contributed by atoms with van der Waals surface area (Å²) in [6, 6.07) is 15.4. The van der Waals surface area contributed by atoms with Crippen LogP contribution in [-0.4, -0.2) is 27.0 Å². The molecule has 0 aliphatic rings. The number of nitrogens with zero attached hydrogens (tertiary/aromatic N) is 3. The average Bonchev–Trinajstić information content (AvgIpc) is 3.10. The van der Waals surface area contributed by atoms with E-state index in [0.717, 1.165) is 33.7 Å². The predicted octanol–water partition coefficient (Wildman–Crippen LogP) is 5.55. The fourth-order valence-corrected chi connectivity index (χ4v) is 4.24. The van der Waals surface area contributed by atoms with E-state index >= 15 is 0 Å². The molecule has 0 unspecified atom stereocenters. The summed E-state index contributed by atoms with van der Waals surface area (Å²) in [6.07, 6.45) is 2.91. The van der Waals surface area contributed by atoms with Crippen LogP contribution in [0, 0.1) is 6.92 Å². The number of hydrogen-bond acceptors (Lipinski definition) is 3. The van der Waals surface area contributed by atoms with Crippen molar-refractivity contribution >= 4 is 34.8 Å². The molecule has 5 nitrogen and oxygen atoms in total. The van der Waals surface area contributed by atoms with Crippen LogP contribution in [0.3, 0.4) is 0 Å². The van der Waals surface area contributed by atoms with Crippen LogP contribution in [0.25, 0.3) is 16.8 Å². The zero-order valence-corrected chi connectivity index (χ0v) is 18.8. The Hall–Kier alpha value is -2.89. The molecular formula is C24H22Cl2N4O. The molecule has 0 bridgehead atoms. The molecule has 2 heterocycles. The van der Waals surface area contributed by atoms with Crippen LogP contribution >= 0.6 is 23.2 Å². The van der Waals surface area contributed by atoms with E-state index in [1.807, 2.05) is 50.2 Å². The van der Waals surface area contributed by atoms with Crippen LogP contribution in [0.4, 0.5) is 0 Å². The van der Waals surface area contributed by atoms with Crippen molar-refractivity contribution in [2.75, 3.05) is 6.54 Å². The van der Waals surface area contributed by atoms with Gasteiger partial charge in [-0.2, -0.15) is 5.10 Å². The average molecular weight is 453 g/mol. The summed E-state index contributed by atoms with van der Waals surface area (Å²) >= 11 is 12.2. The van der Waals surface area contributed by atoms with E-state index in [-0.39, 0.29) is 5.91 Å². The molecule has 31 heavy (non-hydrogen) atoms. The quantitative estimate of drug-likeness (QED) is 0.417. The van der Waals surface area contributed by atoms with Gasteiger partial charge in [0.2, 0.25) is 0 Å². The SMILES string of the molecule is CCc1c(C(=O)NCCc2ccc(Cl)cc2Cl)cnc2c(-c3ccccc3)c(C)nn12. The molecule has 0 radical (unpaired) electrons. The van der Waals surface area contributed by atoms with E-state index in [2.05, 4.69) is 10.3 Å². The molecule has 158 valence electrons. The van der Waals surface area contributed by atoms with E-state index in [0.29, 0.717) is 35.0 Å². The van der Waals surface area contributed by atoms with Gasteiger partial charge >= 0.3 is 0 Å². The molecule has 4 rings (SSSR count). The van der Waals surface area contributed by atoms with Crippen molar-refractivity contribution in [2.45, 2.75) is 26.7 Å². The minimum Gasteiger partial charge on any atom is -0.352 e. The molecule has 2 aromatic carbocycles. The number of aryl methyl sites for hydroxylation is 2. The second-order valence-electron chi connectivity index (χ2n) is 7.28. The maximum absolute atomic E-state index is 12.9. The van der Waals surface area contributed by atoms with Gasteiger partial charge < -0.3 is 5.32 Å². The maximum atomic E-state index is 12.9. The summed E-state index contributed by atoms with van der Waals surface area (Å²) in [6.45, 7) is 4.43. The first-order chi connectivity index (χ1) is 15.0. The number of fused-ring (bicyclic) bond motifs is 1. The highest BCUT2D eigenvalue weighted by molar-refractivity contribution is 6.35. The van der Waals surface area contributed by atoms with Crippen LogP contribution < -0.4 is 5.32 Å². The summed E-state index contributed by atoms with van der Waals surface area (Å²) in [5.41, 5.74) is 5.97. The number of halogens is 2. The summed E-state index contributed by atoms with van der Waals surface area (Å²) in [5.74, 6) is -0.175. The summed E-state index contributed by atoms with van der Waals surface area (Å²) in [7, 11) is 0. The van der Waals surface area contributed by atoms with Gasteiger partial charge in [-0.3, -0.25) is 4.79 Å². The molecular weight excluding hydrogens is 431 g/mol. The van der Waals surface area contributed by atoms with E-state index in [1.54, 1.807) is 22.8 Å². The lowest BCUT2D eigenvalue weighted by Gasteiger charge is -2.11. The lowest BCUT2D eigenvalue weighted by molar-refractivity contribution is 0.0952. The molecule has 0 saturated carbocycles. The van der Waals surface area contributed by atoms with Crippen molar-refractivity contribution in [1.82, 2.24) is 19.9 Å². The van der Waals surface area contributed by atoms with Gasteiger partial charge in [-0.05, 0) is 43.0 Å². The Balaban J connectivity index is 1.59. The fourth-order valence-electron chi connectivity index (χ4n) is 3.74. The van der Waals surface area contributed by atoms with Crippen LogP contribution in [0.5, 0.6) is 0 Å². The Morgan fingerprint density at radius 3 is 2.61 bits per heavy atom. The first kappa shape index (κ1) is 21.3. The normalized spacial score (nSPS) is 11.1. The first-order valence-electron chi connectivity index (χ1n) is 10.1. The second kappa shape index (κ2) is 9.08. The third-order valence-electron chi connectivity index (χ3n) is 5.26. The van der Waals surface area contributed by atoms with Gasteiger partial charge in [0.25, 0.3) is 5.91 Å². The van der Waals surface area contributed by atoms with E-state index in [9.17, 15) is 4.79 Å². The van der Waals surface area contributed by atoms with Gasteiger partial charge in [-0.1, -0.05) is 66.5 Å². The summed E-state index contributed by atoms with van der Waals surface area (Å²) < 4.78 is 1.79. The molecule has 2 aromatic heterocycles. The molecule has 0 atom stereocenters. The maximum Gasteiger partial charge on any atom is 0.254 e. The lowest BCUT2D eigenvalue weighted by Crippen LogP contribution is -2.27. The van der Waals surface area contributed by atoms with Gasteiger partial charge in [-0.15, -0.1) is 0 Å². The van der Waals surface area contributed by atoms with Gasteiger partial charge in [0, 0.05) is 28.4 Å². The molecule has 0 aliphatic carbocycles. The third kappa shape index (κ3) is 4.29. The van der Waals surface area contributed by atoms with Gasteiger partial charge in [-0.25, -0.2) is 9.50 Å². The zero-order chi connectivity index (χ0) is 22.0. The number of carbonyl (C=O) groups excluding carboxylic acids is 1. The number of aromatic nitrogens is 3. The van der Waals surface area contributed by atoms with Crippen molar-refractivity contribution in [3.8, 4) is 11.1 Å². The number of amides is 1. The highest BCUT2D eigenvalue weighted by Gasteiger charge is 2.20. The van der Waals surface area contributed by atoms with E-state index in [4.69, 9.17) is 28.3 Å². The third-order valence-corrected chi connectivity index (χ3v) is 5.84. The highest BCUT2D eigenvalue weighted by atomic mass is 35.5. The molecule has 4 aromatic rings. The fraction of sp³-hybridized carbons (Fsp3) is 0.208. The van der Waals surface area contributed by atoms with Gasteiger partial charge in [0.15, 0.2) is 5.65 Å². The standard InChI is InChI=1S/C24H22Cl2N4O/c1-3-21-19(24(31)27-12-11-16-9-10-18(25)13-20(16)26)14-28-23-22(15(2)29-30(21)23)17-7-5-4-6-8-17/h4-10,13-14H,3,11-12H2,1-2H3,(H,27,31). The number of rotatable bonds is 6. The first-order valence-corrected chi connectivity index (χ1v) is 10.9. The topological polar surface area (TPSA) is 59.3 Å². The Kier molecular flexibility index (Phi) is 6.25. The minimum atomic E-state index is -0.175. The molecule has 0 fully saturated rings. The smallest absolute Gasteiger partial charge is 0.254 e. The Morgan fingerprint density at radius 2 is 1.90 bits per heavy atom. The molecule has 0 spiro atoms. The monoisotopic (exact) mass is 452 g/mol. The number of carbonyl (C=O) groups is 1. The zero-order valence-electron chi connectivity index (χ0n) is 17.3. The summed E-state index contributed by atoms with van der Waals surface area (Å²) in [4.78, 5) is 17.5. The largest absolute Gasteiger partial charge is 0.352 e. The predicted molar refractivity (Wildman–Crippen MR) is 125 cm³/mol. The van der Waals surface area contributed by atoms with Gasteiger partial charge in [0.1, 0.15) is 0 Å². The van der Waals surface area contributed by atoms with Crippen molar-refractivity contribution in [1.29, 1.82) is 0 Å². The van der Waals surface area contributed by atoms with Crippen molar-refractivity contribution < 1.29 is 4.79 Å². The molecule has 1 N–H and O–H groups in total. The molecule has 7 heteroatoms. The Labute approximate surface area is 191 Å². The Bertz CT molecular complexity index is 1250. The van der Waals surface area contributed by atoms with E-state index < -0.39 is 0 Å². The van der Waals surface area contributed by atoms with E-state index in [1.165, 1.54) is 0 Å². The molecule has 0 saturated heterocycles. The van der Waals surface area contributed by atoms with Crippen molar-refractivity contribution in [3.05, 3.63) is 87.3 Å². The Morgan fingerprint density at radius 1 is 1.13 bits per heavy atom.